The number of benzene rings is 1. The van der Waals surface area contributed by atoms with Crippen LogP contribution < -0.4 is 0 Å². The molecule has 0 spiro atoms. The molecule has 1 saturated heterocycles. The number of carbonyl (C=O) groups excluding carboxylic acids is 1. The van der Waals surface area contributed by atoms with Gasteiger partial charge in [0.1, 0.15) is 0 Å². The Hall–Kier alpha value is -1.60. The van der Waals surface area contributed by atoms with Gasteiger partial charge >= 0.3 is 6.18 Å². The maximum atomic E-state index is 12.5. The minimum absolute atomic E-state index is 0.123. The summed E-state index contributed by atoms with van der Waals surface area (Å²) in [4.78, 5) is 14.0. The highest BCUT2D eigenvalue weighted by atomic mass is 19.4. The fourth-order valence-electron chi connectivity index (χ4n) is 2.88. The molecule has 7 heteroatoms. The summed E-state index contributed by atoms with van der Waals surface area (Å²) in [6, 6.07) is 8.95. The number of carbonyl (C=O) groups is 1. The fourth-order valence-corrected chi connectivity index (χ4v) is 2.88. The Balaban J connectivity index is 1.98. The minimum atomic E-state index is -4.62. The van der Waals surface area contributed by atoms with Crippen LogP contribution in [-0.2, 0) is 9.53 Å². The van der Waals surface area contributed by atoms with Crippen molar-refractivity contribution >= 4 is 5.91 Å². The zero-order chi connectivity index (χ0) is 17.0. The molecule has 0 bridgehead atoms. The maximum Gasteiger partial charge on any atom is 0.414 e. The minimum Gasteiger partial charge on any atom is -0.383 e. The molecular weight excluding hydrogens is 311 g/mol. The van der Waals surface area contributed by atoms with Crippen molar-refractivity contribution in [2.45, 2.75) is 31.2 Å². The third-order valence-electron chi connectivity index (χ3n) is 4.20. The summed E-state index contributed by atoms with van der Waals surface area (Å²) in [6.07, 6.45) is -7.46. The largest absolute Gasteiger partial charge is 0.414 e. The summed E-state index contributed by atoms with van der Waals surface area (Å²) in [5.74, 6) is -1.13. The van der Waals surface area contributed by atoms with E-state index in [4.69, 9.17) is 4.74 Å². The Labute approximate surface area is 132 Å². The highest BCUT2D eigenvalue weighted by Crippen LogP contribution is 2.32. The SMILES string of the molecule is COC(C(=O)N1CCC(C(O)C(F)(F)F)CC1)c1ccccc1. The fraction of sp³-hybridized carbons (Fsp3) is 0.562. The van der Waals surface area contributed by atoms with Crippen molar-refractivity contribution in [2.24, 2.45) is 5.92 Å². The summed E-state index contributed by atoms with van der Waals surface area (Å²) < 4.78 is 42.9. The van der Waals surface area contributed by atoms with Crippen molar-refractivity contribution in [3.8, 4) is 0 Å². The molecule has 2 atom stereocenters. The zero-order valence-electron chi connectivity index (χ0n) is 12.8. The number of halogens is 3. The number of piperidine rings is 1. The first kappa shape index (κ1) is 17.7. The van der Waals surface area contributed by atoms with Crippen LogP contribution in [-0.4, -0.2) is 48.4 Å². The lowest BCUT2D eigenvalue weighted by molar-refractivity contribution is -0.223. The average Bonchev–Trinajstić information content (AvgIpc) is 2.55. The number of aliphatic hydroxyl groups excluding tert-OH is 1. The first-order valence-electron chi connectivity index (χ1n) is 7.46. The molecule has 1 N–H and O–H groups in total. The highest BCUT2D eigenvalue weighted by molar-refractivity contribution is 5.82. The van der Waals surface area contributed by atoms with Crippen LogP contribution in [0, 0.1) is 5.92 Å². The lowest BCUT2D eigenvalue weighted by Gasteiger charge is -2.36. The number of amides is 1. The summed E-state index contributed by atoms with van der Waals surface area (Å²) in [5, 5.41) is 9.32. The van der Waals surface area contributed by atoms with Crippen LogP contribution in [0.4, 0.5) is 13.2 Å². The van der Waals surface area contributed by atoms with E-state index in [2.05, 4.69) is 0 Å². The second-order valence-corrected chi connectivity index (χ2v) is 5.68. The third-order valence-corrected chi connectivity index (χ3v) is 4.20. The molecule has 1 aliphatic heterocycles. The molecule has 1 fully saturated rings. The van der Waals surface area contributed by atoms with Crippen molar-refractivity contribution in [3.05, 3.63) is 35.9 Å². The van der Waals surface area contributed by atoms with Crippen LogP contribution >= 0.6 is 0 Å². The number of hydrogen-bond donors (Lipinski definition) is 1. The van der Waals surface area contributed by atoms with E-state index in [9.17, 15) is 23.1 Å². The smallest absolute Gasteiger partial charge is 0.383 e. The zero-order valence-corrected chi connectivity index (χ0v) is 12.8. The van der Waals surface area contributed by atoms with E-state index in [0.717, 1.165) is 0 Å². The molecule has 2 rings (SSSR count). The molecule has 1 aliphatic rings. The molecule has 23 heavy (non-hydrogen) atoms. The lowest BCUT2D eigenvalue weighted by Crippen LogP contribution is -2.46. The number of ether oxygens (including phenoxy) is 1. The average molecular weight is 331 g/mol. The number of aliphatic hydroxyl groups is 1. The molecule has 0 radical (unpaired) electrons. The molecule has 0 aromatic heterocycles. The van der Waals surface area contributed by atoms with Gasteiger partial charge in [-0.25, -0.2) is 0 Å². The van der Waals surface area contributed by atoms with E-state index in [0.29, 0.717) is 5.56 Å². The van der Waals surface area contributed by atoms with Gasteiger partial charge in [-0.05, 0) is 24.3 Å². The Morgan fingerprint density at radius 3 is 2.30 bits per heavy atom. The molecule has 0 aliphatic carbocycles. The molecular formula is C16H20F3NO3. The number of hydrogen-bond acceptors (Lipinski definition) is 3. The van der Waals surface area contributed by atoms with E-state index < -0.39 is 24.3 Å². The first-order chi connectivity index (χ1) is 10.8. The van der Waals surface area contributed by atoms with Gasteiger partial charge in [0.05, 0.1) is 0 Å². The molecule has 1 amide bonds. The predicted octanol–water partition coefficient (Wildman–Crippen LogP) is 2.54. The molecule has 0 saturated carbocycles. The molecule has 1 aromatic rings. The van der Waals surface area contributed by atoms with Gasteiger partial charge in [0, 0.05) is 20.2 Å². The summed E-state index contributed by atoms with van der Waals surface area (Å²) in [7, 11) is 1.43. The molecule has 4 nitrogen and oxygen atoms in total. The topological polar surface area (TPSA) is 49.8 Å². The Morgan fingerprint density at radius 2 is 1.83 bits per heavy atom. The Bertz CT molecular complexity index is 513. The standard InChI is InChI=1S/C16H20F3NO3/c1-23-13(11-5-3-2-4-6-11)15(22)20-9-7-12(8-10-20)14(21)16(17,18)19/h2-6,12-14,21H,7-10H2,1H3. The van der Waals surface area contributed by atoms with Crippen molar-refractivity contribution in [1.29, 1.82) is 0 Å². The normalized spacial score (nSPS) is 19.4. The van der Waals surface area contributed by atoms with E-state index in [-0.39, 0.29) is 31.8 Å². The van der Waals surface area contributed by atoms with Crippen LogP contribution in [0.5, 0.6) is 0 Å². The van der Waals surface area contributed by atoms with E-state index in [1.807, 2.05) is 6.07 Å². The van der Waals surface area contributed by atoms with Crippen molar-refractivity contribution in [2.75, 3.05) is 20.2 Å². The van der Waals surface area contributed by atoms with E-state index in [1.165, 1.54) is 12.0 Å². The molecule has 1 aromatic carbocycles. The first-order valence-corrected chi connectivity index (χ1v) is 7.46. The van der Waals surface area contributed by atoms with Crippen LogP contribution in [0.25, 0.3) is 0 Å². The van der Waals surface area contributed by atoms with Gasteiger partial charge in [0.25, 0.3) is 5.91 Å². The van der Waals surface area contributed by atoms with Gasteiger partial charge in [-0.2, -0.15) is 13.2 Å². The summed E-state index contributed by atoms with van der Waals surface area (Å²) in [5.41, 5.74) is 0.706. The van der Waals surface area contributed by atoms with Crippen molar-refractivity contribution in [3.63, 3.8) is 0 Å². The predicted molar refractivity (Wildman–Crippen MR) is 77.6 cm³/mol. The maximum absolute atomic E-state index is 12.5. The van der Waals surface area contributed by atoms with Gasteiger partial charge in [0.15, 0.2) is 12.2 Å². The molecule has 2 unspecified atom stereocenters. The second-order valence-electron chi connectivity index (χ2n) is 5.68. The van der Waals surface area contributed by atoms with Gasteiger partial charge in [-0.15, -0.1) is 0 Å². The Morgan fingerprint density at radius 1 is 1.26 bits per heavy atom. The lowest BCUT2D eigenvalue weighted by atomic mass is 9.90. The third kappa shape index (κ3) is 4.23. The number of methoxy groups -OCH3 is 1. The van der Waals surface area contributed by atoms with E-state index in [1.54, 1.807) is 24.3 Å². The molecule has 1 heterocycles. The van der Waals surface area contributed by atoms with Gasteiger partial charge in [-0.1, -0.05) is 30.3 Å². The number of alkyl halides is 3. The van der Waals surface area contributed by atoms with Crippen molar-refractivity contribution in [1.82, 2.24) is 4.90 Å². The number of likely N-dealkylation sites (tertiary alicyclic amines) is 1. The second kappa shape index (κ2) is 7.31. The van der Waals surface area contributed by atoms with Crippen LogP contribution in [0.3, 0.4) is 0 Å². The van der Waals surface area contributed by atoms with E-state index >= 15 is 0 Å². The summed E-state index contributed by atoms with van der Waals surface area (Å²) in [6.45, 7) is 0.368. The van der Waals surface area contributed by atoms with Gasteiger partial charge in [-0.3, -0.25) is 4.79 Å². The highest BCUT2D eigenvalue weighted by Gasteiger charge is 2.44. The monoisotopic (exact) mass is 331 g/mol. The summed E-state index contributed by atoms with van der Waals surface area (Å²) >= 11 is 0. The van der Waals surface area contributed by atoms with Crippen LogP contribution in [0.2, 0.25) is 0 Å². The molecule has 128 valence electrons. The van der Waals surface area contributed by atoms with Crippen LogP contribution in [0.1, 0.15) is 24.5 Å². The van der Waals surface area contributed by atoms with Crippen LogP contribution in [0.15, 0.2) is 30.3 Å². The van der Waals surface area contributed by atoms with Crippen molar-refractivity contribution < 1.29 is 27.8 Å². The van der Waals surface area contributed by atoms with Gasteiger partial charge in [0.2, 0.25) is 0 Å². The quantitative estimate of drug-likeness (QED) is 0.922. The number of nitrogens with zero attached hydrogens (tertiary/aromatic N) is 1. The van der Waals surface area contributed by atoms with Gasteiger partial charge < -0.3 is 14.7 Å². The number of rotatable bonds is 4. The Kier molecular flexibility index (Phi) is 5.64.